The summed E-state index contributed by atoms with van der Waals surface area (Å²) >= 11 is 0. The number of aromatic nitrogens is 4. The van der Waals surface area contributed by atoms with Gasteiger partial charge in [-0.05, 0) is 25.8 Å². The van der Waals surface area contributed by atoms with E-state index in [4.69, 9.17) is 0 Å². The van der Waals surface area contributed by atoms with Crippen molar-refractivity contribution in [2.45, 2.75) is 32.1 Å². The van der Waals surface area contributed by atoms with E-state index in [-0.39, 0.29) is 0 Å². The van der Waals surface area contributed by atoms with Crippen LogP contribution >= 0.6 is 0 Å². The number of rotatable bonds is 3. The molecule has 0 N–H and O–H groups in total. The summed E-state index contributed by atoms with van der Waals surface area (Å²) in [7, 11) is 0. The summed E-state index contributed by atoms with van der Waals surface area (Å²) in [5, 5.41) is 0. The quantitative estimate of drug-likeness (QED) is 0.866. The highest BCUT2D eigenvalue weighted by atomic mass is 15.3. The van der Waals surface area contributed by atoms with Gasteiger partial charge >= 0.3 is 0 Å². The van der Waals surface area contributed by atoms with Gasteiger partial charge in [-0.25, -0.2) is 19.9 Å². The number of hydrogen-bond donors (Lipinski definition) is 0. The second kappa shape index (κ2) is 6.10. The minimum Gasteiger partial charge on any atom is -0.353 e. The molecule has 2 aromatic rings. The van der Waals surface area contributed by atoms with E-state index in [0.29, 0.717) is 5.92 Å². The van der Waals surface area contributed by atoms with Gasteiger partial charge in [-0.1, -0.05) is 6.42 Å². The predicted molar refractivity (Wildman–Crippen MR) is 89.8 cm³/mol. The van der Waals surface area contributed by atoms with E-state index in [1.54, 1.807) is 6.33 Å². The molecule has 0 radical (unpaired) electrons. The SMILES string of the molecule is Cc1ccnc(N2CCN(c3cc(C4CCC4)ncn3)CC2)n1. The van der Waals surface area contributed by atoms with Crippen LogP contribution in [-0.4, -0.2) is 46.1 Å². The van der Waals surface area contributed by atoms with E-state index >= 15 is 0 Å². The van der Waals surface area contributed by atoms with E-state index in [9.17, 15) is 0 Å². The van der Waals surface area contributed by atoms with Crippen LogP contribution in [0.3, 0.4) is 0 Å². The molecule has 0 unspecified atom stereocenters. The average Bonchev–Trinajstić information content (AvgIpc) is 2.54. The lowest BCUT2D eigenvalue weighted by Gasteiger charge is -2.35. The lowest BCUT2D eigenvalue weighted by molar-refractivity contribution is 0.410. The number of hydrogen-bond acceptors (Lipinski definition) is 6. The summed E-state index contributed by atoms with van der Waals surface area (Å²) in [6.07, 6.45) is 7.43. The second-order valence-electron chi connectivity index (χ2n) is 6.40. The van der Waals surface area contributed by atoms with Gasteiger partial charge in [0, 0.05) is 55.7 Å². The molecule has 6 heteroatoms. The number of piperazine rings is 1. The van der Waals surface area contributed by atoms with Crippen LogP contribution in [-0.2, 0) is 0 Å². The third-order valence-corrected chi connectivity index (χ3v) is 4.87. The third kappa shape index (κ3) is 2.98. The highest BCUT2D eigenvalue weighted by Gasteiger charge is 2.24. The second-order valence-corrected chi connectivity index (χ2v) is 6.40. The summed E-state index contributed by atoms with van der Waals surface area (Å²) in [4.78, 5) is 22.4. The molecule has 0 atom stereocenters. The van der Waals surface area contributed by atoms with Gasteiger partial charge < -0.3 is 9.80 Å². The van der Waals surface area contributed by atoms with Crippen molar-refractivity contribution in [2.75, 3.05) is 36.0 Å². The molecule has 1 saturated carbocycles. The summed E-state index contributed by atoms with van der Waals surface area (Å²) in [6.45, 7) is 5.74. The van der Waals surface area contributed by atoms with Crippen LogP contribution < -0.4 is 9.80 Å². The van der Waals surface area contributed by atoms with Crippen LogP contribution in [0.1, 0.15) is 36.6 Å². The van der Waals surface area contributed by atoms with Crippen molar-refractivity contribution in [1.82, 2.24) is 19.9 Å². The Morgan fingerprint density at radius 1 is 1.00 bits per heavy atom. The fourth-order valence-electron chi connectivity index (χ4n) is 3.19. The highest BCUT2D eigenvalue weighted by Crippen LogP contribution is 2.35. The van der Waals surface area contributed by atoms with E-state index < -0.39 is 0 Å². The van der Waals surface area contributed by atoms with Crippen molar-refractivity contribution in [3.63, 3.8) is 0 Å². The molecule has 6 nitrogen and oxygen atoms in total. The monoisotopic (exact) mass is 310 g/mol. The maximum Gasteiger partial charge on any atom is 0.225 e. The molecule has 4 rings (SSSR count). The van der Waals surface area contributed by atoms with Crippen molar-refractivity contribution >= 4 is 11.8 Å². The zero-order chi connectivity index (χ0) is 15.6. The van der Waals surface area contributed by atoms with Gasteiger partial charge in [-0.3, -0.25) is 0 Å². The zero-order valence-corrected chi connectivity index (χ0v) is 13.5. The van der Waals surface area contributed by atoms with Crippen molar-refractivity contribution in [1.29, 1.82) is 0 Å². The Hall–Kier alpha value is -2.24. The molecule has 0 spiro atoms. The van der Waals surface area contributed by atoms with Crippen LogP contribution in [0.2, 0.25) is 0 Å². The predicted octanol–water partition coefficient (Wildman–Crippen LogP) is 2.17. The molecule has 120 valence electrons. The van der Waals surface area contributed by atoms with E-state index in [0.717, 1.165) is 43.6 Å². The molecule has 0 amide bonds. The Morgan fingerprint density at radius 3 is 2.48 bits per heavy atom. The lowest BCUT2D eigenvalue weighted by Crippen LogP contribution is -2.47. The van der Waals surface area contributed by atoms with Crippen LogP contribution in [0.25, 0.3) is 0 Å². The molecular weight excluding hydrogens is 288 g/mol. The first-order chi connectivity index (χ1) is 11.3. The van der Waals surface area contributed by atoms with Gasteiger partial charge in [0.2, 0.25) is 5.95 Å². The van der Waals surface area contributed by atoms with Crippen molar-refractivity contribution in [3.05, 3.63) is 36.0 Å². The Kier molecular flexibility index (Phi) is 3.81. The normalized spacial score (nSPS) is 18.8. The molecule has 0 bridgehead atoms. The van der Waals surface area contributed by atoms with Crippen LogP contribution in [0.5, 0.6) is 0 Å². The van der Waals surface area contributed by atoms with Gasteiger partial charge in [0.25, 0.3) is 0 Å². The lowest BCUT2D eigenvalue weighted by atomic mass is 9.83. The van der Waals surface area contributed by atoms with E-state index in [1.165, 1.54) is 25.0 Å². The van der Waals surface area contributed by atoms with Gasteiger partial charge in [-0.2, -0.15) is 0 Å². The fourth-order valence-corrected chi connectivity index (χ4v) is 3.19. The molecule has 2 aliphatic rings. The number of nitrogens with zero attached hydrogens (tertiary/aromatic N) is 6. The molecule has 1 aliphatic heterocycles. The summed E-state index contributed by atoms with van der Waals surface area (Å²) in [6, 6.07) is 4.12. The summed E-state index contributed by atoms with van der Waals surface area (Å²) in [5.74, 6) is 2.55. The molecular formula is C17H22N6. The highest BCUT2D eigenvalue weighted by molar-refractivity contribution is 5.43. The first kappa shape index (κ1) is 14.4. The Balaban J connectivity index is 1.43. The van der Waals surface area contributed by atoms with Crippen molar-refractivity contribution in [3.8, 4) is 0 Å². The summed E-state index contributed by atoms with van der Waals surface area (Å²) < 4.78 is 0. The molecule has 3 heterocycles. The first-order valence-electron chi connectivity index (χ1n) is 8.41. The molecule has 1 aliphatic carbocycles. The Bertz CT molecular complexity index is 676. The van der Waals surface area contributed by atoms with Crippen molar-refractivity contribution in [2.24, 2.45) is 0 Å². The van der Waals surface area contributed by atoms with Gasteiger partial charge in [0.15, 0.2) is 0 Å². The standard InChI is InChI=1S/C17H22N6/c1-13-5-6-18-17(21-13)23-9-7-22(8-10-23)16-11-15(19-12-20-16)14-3-2-4-14/h5-6,11-12,14H,2-4,7-10H2,1H3. The minimum atomic E-state index is 0.652. The van der Waals surface area contributed by atoms with Crippen LogP contribution in [0, 0.1) is 6.92 Å². The number of aryl methyl sites for hydroxylation is 1. The Morgan fingerprint density at radius 2 is 1.78 bits per heavy atom. The molecule has 2 aromatic heterocycles. The zero-order valence-electron chi connectivity index (χ0n) is 13.5. The maximum atomic E-state index is 4.52. The van der Waals surface area contributed by atoms with Crippen LogP contribution in [0.4, 0.5) is 11.8 Å². The van der Waals surface area contributed by atoms with Crippen LogP contribution in [0.15, 0.2) is 24.7 Å². The largest absolute Gasteiger partial charge is 0.353 e. The topological polar surface area (TPSA) is 58.0 Å². The van der Waals surface area contributed by atoms with Crippen molar-refractivity contribution < 1.29 is 0 Å². The third-order valence-electron chi connectivity index (χ3n) is 4.87. The molecule has 1 saturated heterocycles. The van der Waals surface area contributed by atoms with Gasteiger partial charge in [0.1, 0.15) is 12.1 Å². The first-order valence-corrected chi connectivity index (χ1v) is 8.41. The molecule has 2 fully saturated rings. The maximum absolute atomic E-state index is 4.52. The van der Waals surface area contributed by atoms with Gasteiger partial charge in [-0.15, -0.1) is 0 Å². The smallest absolute Gasteiger partial charge is 0.225 e. The Labute approximate surface area is 136 Å². The van der Waals surface area contributed by atoms with E-state index in [2.05, 4.69) is 35.8 Å². The average molecular weight is 310 g/mol. The molecule has 23 heavy (non-hydrogen) atoms. The molecule has 0 aromatic carbocycles. The minimum absolute atomic E-state index is 0.652. The fraction of sp³-hybridized carbons (Fsp3) is 0.529. The summed E-state index contributed by atoms with van der Waals surface area (Å²) in [5.41, 5.74) is 2.23. The number of anilines is 2. The van der Waals surface area contributed by atoms with E-state index in [1.807, 2.05) is 19.2 Å². The van der Waals surface area contributed by atoms with Gasteiger partial charge in [0.05, 0.1) is 0 Å².